The van der Waals surface area contributed by atoms with Crippen molar-refractivity contribution in [2.45, 2.75) is 44.6 Å². The molecule has 1 heterocycles. The van der Waals surface area contributed by atoms with Gasteiger partial charge in [0.05, 0.1) is 11.0 Å². The number of halogens is 1. The average Bonchev–Trinajstić information content (AvgIpc) is 2.67. The van der Waals surface area contributed by atoms with Crippen LogP contribution in [0.4, 0.5) is 4.39 Å². The minimum atomic E-state index is -0.212. The van der Waals surface area contributed by atoms with Crippen LogP contribution in [0.1, 0.15) is 45.0 Å². The van der Waals surface area contributed by atoms with Crippen LogP contribution in [0.3, 0.4) is 0 Å². The SMILES string of the molecule is CC(C)n1c(C2(CN)CCC2)nc2ccc(F)cc21. The Morgan fingerprint density at radius 2 is 2.16 bits per heavy atom. The summed E-state index contributed by atoms with van der Waals surface area (Å²) in [6.07, 6.45) is 3.37. The van der Waals surface area contributed by atoms with Gasteiger partial charge in [0.15, 0.2) is 0 Å². The summed E-state index contributed by atoms with van der Waals surface area (Å²) in [5, 5.41) is 0. The van der Waals surface area contributed by atoms with Gasteiger partial charge in [-0.3, -0.25) is 0 Å². The number of nitrogens with two attached hydrogens (primary N) is 1. The van der Waals surface area contributed by atoms with Crippen LogP contribution in [0, 0.1) is 5.82 Å². The summed E-state index contributed by atoms with van der Waals surface area (Å²) in [5.41, 5.74) is 7.74. The molecule has 1 aromatic carbocycles. The summed E-state index contributed by atoms with van der Waals surface area (Å²) < 4.78 is 15.7. The summed E-state index contributed by atoms with van der Waals surface area (Å²) in [6, 6.07) is 5.07. The zero-order chi connectivity index (χ0) is 13.6. The lowest BCUT2D eigenvalue weighted by Gasteiger charge is -2.41. The van der Waals surface area contributed by atoms with Crippen LogP contribution in [0.5, 0.6) is 0 Å². The van der Waals surface area contributed by atoms with Crippen LogP contribution in [-0.4, -0.2) is 16.1 Å². The predicted octanol–water partition coefficient (Wildman–Crippen LogP) is 3.14. The first-order chi connectivity index (χ1) is 9.07. The maximum atomic E-state index is 13.5. The van der Waals surface area contributed by atoms with Crippen LogP contribution in [-0.2, 0) is 5.41 Å². The van der Waals surface area contributed by atoms with E-state index < -0.39 is 0 Å². The normalized spacial score (nSPS) is 17.9. The standard InChI is InChI=1S/C15H20FN3/c1-10(2)19-13-8-11(16)4-5-12(13)18-14(19)15(9-17)6-3-7-15/h4-5,8,10H,3,6-7,9,17H2,1-2H3. The van der Waals surface area contributed by atoms with Crippen molar-refractivity contribution in [2.75, 3.05) is 6.54 Å². The monoisotopic (exact) mass is 261 g/mol. The first-order valence-electron chi connectivity index (χ1n) is 6.95. The summed E-state index contributed by atoms with van der Waals surface area (Å²) >= 11 is 0. The first kappa shape index (κ1) is 12.6. The molecule has 1 aliphatic carbocycles. The molecule has 0 saturated heterocycles. The van der Waals surface area contributed by atoms with Crippen molar-refractivity contribution >= 4 is 11.0 Å². The Kier molecular flexibility index (Phi) is 2.86. The minimum Gasteiger partial charge on any atom is -0.329 e. The van der Waals surface area contributed by atoms with Gasteiger partial charge in [-0.25, -0.2) is 9.37 Å². The predicted molar refractivity (Wildman–Crippen MR) is 74.7 cm³/mol. The Labute approximate surface area is 112 Å². The molecule has 0 atom stereocenters. The molecule has 1 saturated carbocycles. The molecule has 0 amide bonds. The lowest BCUT2D eigenvalue weighted by atomic mass is 9.68. The van der Waals surface area contributed by atoms with Crippen molar-refractivity contribution in [3.05, 3.63) is 29.8 Å². The van der Waals surface area contributed by atoms with E-state index in [4.69, 9.17) is 10.7 Å². The lowest BCUT2D eigenvalue weighted by molar-refractivity contribution is 0.228. The van der Waals surface area contributed by atoms with E-state index in [2.05, 4.69) is 18.4 Å². The highest BCUT2D eigenvalue weighted by molar-refractivity contribution is 5.76. The molecule has 1 fully saturated rings. The molecular weight excluding hydrogens is 241 g/mol. The van der Waals surface area contributed by atoms with E-state index in [1.165, 1.54) is 12.5 Å². The van der Waals surface area contributed by atoms with E-state index in [1.54, 1.807) is 12.1 Å². The highest BCUT2D eigenvalue weighted by Crippen LogP contribution is 2.44. The van der Waals surface area contributed by atoms with Gasteiger partial charge < -0.3 is 10.3 Å². The minimum absolute atomic E-state index is 0.000232. The Balaban J connectivity index is 2.26. The number of imidazole rings is 1. The molecule has 0 unspecified atom stereocenters. The lowest BCUT2D eigenvalue weighted by Crippen LogP contribution is -2.44. The second-order valence-corrected chi connectivity index (χ2v) is 5.87. The topological polar surface area (TPSA) is 43.8 Å². The molecule has 1 aromatic heterocycles. The zero-order valence-electron chi connectivity index (χ0n) is 11.5. The molecule has 4 heteroatoms. The number of fused-ring (bicyclic) bond motifs is 1. The Morgan fingerprint density at radius 3 is 2.68 bits per heavy atom. The van der Waals surface area contributed by atoms with E-state index in [0.29, 0.717) is 6.54 Å². The molecule has 0 radical (unpaired) electrons. The van der Waals surface area contributed by atoms with Gasteiger partial charge in [-0.15, -0.1) is 0 Å². The highest BCUT2D eigenvalue weighted by atomic mass is 19.1. The van der Waals surface area contributed by atoms with Crippen LogP contribution in [0.2, 0.25) is 0 Å². The van der Waals surface area contributed by atoms with Crippen molar-refractivity contribution in [1.29, 1.82) is 0 Å². The van der Waals surface area contributed by atoms with Crippen LogP contribution in [0.25, 0.3) is 11.0 Å². The molecule has 3 rings (SSSR count). The molecular formula is C15H20FN3. The second-order valence-electron chi connectivity index (χ2n) is 5.87. The van der Waals surface area contributed by atoms with Gasteiger partial charge in [-0.05, 0) is 44.9 Å². The fraction of sp³-hybridized carbons (Fsp3) is 0.533. The molecule has 0 aliphatic heterocycles. The van der Waals surface area contributed by atoms with E-state index in [9.17, 15) is 4.39 Å². The molecule has 2 aromatic rings. The fourth-order valence-electron chi connectivity index (χ4n) is 3.09. The fourth-order valence-corrected chi connectivity index (χ4v) is 3.09. The largest absolute Gasteiger partial charge is 0.329 e. The maximum absolute atomic E-state index is 13.5. The summed E-state index contributed by atoms with van der Waals surface area (Å²) in [6.45, 7) is 4.84. The molecule has 2 N–H and O–H groups in total. The van der Waals surface area contributed by atoms with Gasteiger partial charge in [-0.1, -0.05) is 6.42 Å². The third-order valence-electron chi connectivity index (χ3n) is 4.34. The van der Waals surface area contributed by atoms with E-state index in [-0.39, 0.29) is 17.3 Å². The zero-order valence-corrected chi connectivity index (χ0v) is 11.5. The molecule has 0 bridgehead atoms. The van der Waals surface area contributed by atoms with E-state index in [0.717, 1.165) is 29.7 Å². The van der Waals surface area contributed by atoms with Gasteiger partial charge in [0, 0.05) is 18.0 Å². The van der Waals surface area contributed by atoms with Crippen molar-refractivity contribution < 1.29 is 4.39 Å². The Bertz CT molecular complexity index is 606. The van der Waals surface area contributed by atoms with Gasteiger partial charge >= 0.3 is 0 Å². The summed E-state index contributed by atoms with van der Waals surface area (Å²) in [5.74, 6) is 0.827. The molecule has 102 valence electrons. The number of hydrogen-bond acceptors (Lipinski definition) is 2. The quantitative estimate of drug-likeness (QED) is 0.922. The number of benzene rings is 1. The van der Waals surface area contributed by atoms with Gasteiger partial charge in [0.1, 0.15) is 11.6 Å². The van der Waals surface area contributed by atoms with Crippen LogP contribution < -0.4 is 5.73 Å². The number of hydrogen-bond donors (Lipinski definition) is 1. The third kappa shape index (κ3) is 1.77. The van der Waals surface area contributed by atoms with Gasteiger partial charge in [-0.2, -0.15) is 0 Å². The van der Waals surface area contributed by atoms with E-state index >= 15 is 0 Å². The first-order valence-corrected chi connectivity index (χ1v) is 6.95. The van der Waals surface area contributed by atoms with Crippen LogP contribution >= 0.6 is 0 Å². The second kappa shape index (κ2) is 4.30. The third-order valence-corrected chi connectivity index (χ3v) is 4.34. The molecule has 3 nitrogen and oxygen atoms in total. The molecule has 19 heavy (non-hydrogen) atoms. The van der Waals surface area contributed by atoms with Gasteiger partial charge in [0.25, 0.3) is 0 Å². The molecule has 0 spiro atoms. The highest BCUT2D eigenvalue weighted by Gasteiger charge is 2.42. The summed E-state index contributed by atoms with van der Waals surface area (Å²) in [7, 11) is 0. The van der Waals surface area contributed by atoms with Crippen molar-refractivity contribution in [2.24, 2.45) is 5.73 Å². The Morgan fingerprint density at radius 1 is 1.42 bits per heavy atom. The number of nitrogens with zero attached hydrogens (tertiary/aromatic N) is 2. The van der Waals surface area contributed by atoms with Crippen LogP contribution in [0.15, 0.2) is 18.2 Å². The van der Waals surface area contributed by atoms with Crippen molar-refractivity contribution in [3.63, 3.8) is 0 Å². The van der Waals surface area contributed by atoms with Crippen molar-refractivity contribution in [1.82, 2.24) is 9.55 Å². The van der Waals surface area contributed by atoms with Crippen molar-refractivity contribution in [3.8, 4) is 0 Å². The smallest absolute Gasteiger partial charge is 0.125 e. The summed E-state index contributed by atoms with van der Waals surface area (Å²) in [4.78, 5) is 4.76. The Hall–Kier alpha value is -1.42. The maximum Gasteiger partial charge on any atom is 0.125 e. The van der Waals surface area contributed by atoms with E-state index in [1.807, 2.05) is 0 Å². The van der Waals surface area contributed by atoms with Gasteiger partial charge in [0.2, 0.25) is 0 Å². The number of aromatic nitrogens is 2. The number of rotatable bonds is 3. The average molecular weight is 261 g/mol. The molecule has 1 aliphatic rings.